The monoisotopic (exact) mass is 489 g/mol. The summed E-state index contributed by atoms with van der Waals surface area (Å²) in [6.07, 6.45) is 3.82. The first-order valence-corrected chi connectivity index (χ1v) is 12.5. The van der Waals surface area contributed by atoms with E-state index in [4.69, 9.17) is 9.15 Å². The summed E-state index contributed by atoms with van der Waals surface area (Å²) in [5.74, 6) is 0.953. The Bertz CT molecular complexity index is 1370. The Labute approximate surface area is 207 Å². The minimum absolute atomic E-state index is 0.106. The highest BCUT2D eigenvalue weighted by atomic mass is 32.1. The van der Waals surface area contributed by atoms with Crippen LogP contribution in [0.2, 0.25) is 0 Å². The minimum Gasteiger partial charge on any atom is -0.497 e. The predicted molar refractivity (Wildman–Crippen MR) is 136 cm³/mol. The molecular weight excluding hydrogens is 462 g/mol. The smallest absolute Gasteiger partial charge is 0.274 e. The first kappa shape index (κ1) is 23.1. The standard InChI is InChI=1S/C27H27N3O4S/c1-17-29-24(25(35-17)19-5-3-6-20(15-19)33-2)27(32)30(16-18-9-10-18)13-12-28-26(31)22-7-4-8-23-21(22)11-14-34-23/h3-8,11,14-15,18H,9-10,12-13,16H2,1-2H3,(H,28,31). The molecule has 1 aliphatic carbocycles. The summed E-state index contributed by atoms with van der Waals surface area (Å²) in [5.41, 5.74) is 2.60. The number of nitrogens with one attached hydrogen (secondary N) is 1. The van der Waals surface area contributed by atoms with Crippen LogP contribution < -0.4 is 10.1 Å². The predicted octanol–water partition coefficient (Wildman–Crippen LogP) is 5.16. The highest BCUT2D eigenvalue weighted by molar-refractivity contribution is 7.15. The summed E-state index contributed by atoms with van der Waals surface area (Å²) >= 11 is 1.50. The molecular formula is C27H27N3O4S. The third-order valence-corrected chi connectivity index (χ3v) is 7.16. The van der Waals surface area contributed by atoms with E-state index in [-0.39, 0.29) is 11.8 Å². The molecule has 35 heavy (non-hydrogen) atoms. The Hall–Kier alpha value is -3.65. The number of fused-ring (bicyclic) bond motifs is 1. The van der Waals surface area contributed by atoms with E-state index in [0.29, 0.717) is 42.4 Å². The molecule has 0 unspecified atom stereocenters. The number of carbonyl (C=O) groups is 2. The van der Waals surface area contributed by atoms with Crippen molar-refractivity contribution in [2.75, 3.05) is 26.7 Å². The number of ether oxygens (including phenoxy) is 1. The number of rotatable bonds is 9. The van der Waals surface area contributed by atoms with Crippen molar-refractivity contribution < 1.29 is 18.7 Å². The van der Waals surface area contributed by atoms with E-state index in [1.165, 1.54) is 11.3 Å². The number of thiazole rings is 1. The maximum atomic E-state index is 13.7. The average Bonchev–Trinajstić information content (AvgIpc) is 3.40. The van der Waals surface area contributed by atoms with E-state index in [9.17, 15) is 9.59 Å². The molecule has 2 heterocycles. The van der Waals surface area contributed by atoms with E-state index >= 15 is 0 Å². The normalized spacial score (nSPS) is 13.1. The molecule has 1 aliphatic rings. The van der Waals surface area contributed by atoms with Crippen LogP contribution >= 0.6 is 11.3 Å². The Morgan fingerprint density at radius 3 is 2.83 bits per heavy atom. The number of nitrogens with zero attached hydrogens (tertiary/aromatic N) is 2. The number of aromatic nitrogens is 1. The molecule has 4 aromatic rings. The zero-order chi connectivity index (χ0) is 24.4. The van der Waals surface area contributed by atoms with Crippen molar-refractivity contribution in [2.24, 2.45) is 5.92 Å². The van der Waals surface area contributed by atoms with Gasteiger partial charge in [-0.1, -0.05) is 18.2 Å². The summed E-state index contributed by atoms with van der Waals surface area (Å²) in [4.78, 5) is 33.8. The van der Waals surface area contributed by atoms with Gasteiger partial charge in [-0.2, -0.15) is 0 Å². The fourth-order valence-corrected chi connectivity index (χ4v) is 5.07. The van der Waals surface area contributed by atoms with E-state index in [1.807, 2.05) is 42.2 Å². The van der Waals surface area contributed by atoms with Crippen molar-refractivity contribution in [3.63, 3.8) is 0 Å². The van der Waals surface area contributed by atoms with Gasteiger partial charge in [-0.15, -0.1) is 11.3 Å². The molecule has 0 bridgehead atoms. The van der Waals surface area contributed by atoms with Gasteiger partial charge in [0.05, 0.1) is 28.8 Å². The number of methoxy groups -OCH3 is 1. The van der Waals surface area contributed by atoms with Crippen LogP contribution in [0.4, 0.5) is 0 Å². The van der Waals surface area contributed by atoms with Crippen LogP contribution in [0.1, 0.15) is 38.7 Å². The lowest BCUT2D eigenvalue weighted by Crippen LogP contribution is -2.40. The van der Waals surface area contributed by atoms with Gasteiger partial charge in [-0.25, -0.2) is 4.98 Å². The third kappa shape index (κ3) is 5.07. The number of amides is 2. The van der Waals surface area contributed by atoms with Gasteiger partial charge in [-0.3, -0.25) is 9.59 Å². The van der Waals surface area contributed by atoms with E-state index in [0.717, 1.165) is 39.4 Å². The second-order valence-corrected chi connectivity index (χ2v) is 9.93. The van der Waals surface area contributed by atoms with Crippen molar-refractivity contribution >= 4 is 34.1 Å². The minimum atomic E-state index is -0.183. The number of hydrogen-bond acceptors (Lipinski definition) is 6. The fraction of sp³-hybridized carbons (Fsp3) is 0.296. The summed E-state index contributed by atoms with van der Waals surface area (Å²) in [5, 5.41) is 4.58. The molecule has 2 amide bonds. The van der Waals surface area contributed by atoms with E-state index in [1.54, 1.807) is 31.6 Å². The first-order chi connectivity index (χ1) is 17.0. The van der Waals surface area contributed by atoms with Crippen molar-refractivity contribution in [1.82, 2.24) is 15.2 Å². The number of benzene rings is 2. The summed E-state index contributed by atoms with van der Waals surface area (Å²) in [6, 6.07) is 14.9. The van der Waals surface area contributed by atoms with Crippen LogP contribution in [-0.4, -0.2) is 48.4 Å². The highest BCUT2D eigenvalue weighted by Gasteiger charge is 2.30. The quantitative estimate of drug-likeness (QED) is 0.351. The second-order valence-electron chi connectivity index (χ2n) is 8.73. The molecule has 0 aliphatic heterocycles. The van der Waals surface area contributed by atoms with Crippen molar-refractivity contribution in [1.29, 1.82) is 0 Å². The van der Waals surface area contributed by atoms with Crippen molar-refractivity contribution in [2.45, 2.75) is 19.8 Å². The summed E-state index contributed by atoms with van der Waals surface area (Å²) in [7, 11) is 1.63. The van der Waals surface area contributed by atoms with Crippen molar-refractivity contribution in [3.8, 4) is 16.2 Å². The lowest BCUT2D eigenvalue weighted by molar-refractivity contribution is 0.0737. The average molecular weight is 490 g/mol. The molecule has 2 aromatic heterocycles. The lowest BCUT2D eigenvalue weighted by Gasteiger charge is -2.22. The molecule has 0 radical (unpaired) electrons. The second kappa shape index (κ2) is 9.92. The molecule has 180 valence electrons. The van der Waals surface area contributed by atoms with Crippen LogP contribution in [0.25, 0.3) is 21.4 Å². The number of furan rings is 1. The highest BCUT2D eigenvalue weighted by Crippen LogP contribution is 2.34. The Kier molecular flexibility index (Phi) is 6.55. The Morgan fingerprint density at radius 1 is 1.20 bits per heavy atom. The van der Waals surface area contributed by atoms with Gasteiger partial charge in [0.25, 0.3) is 11.8 Å². The van der Waals surface area contributed by atoms with Crippen LogP contribution in [-0.2, 0) is 0 Å². The molecule has 7 nitrogen and oxygen atoms in total. The Morgan fingerprint density at radius 2 is 2.03 bits per heavy atom. The van der Waals surface area contributed by atoms with Gasteiger partial charge in [0.2, 0.25) is 0 Å². The topological polar surface area (TPSA) is 84.7 Å². The SMILES string of the molecule is COc1cccc(-c2sc(C)nc2C(=O)N(CCNC(=O)c2cccc3occc23)CC2CC2)c1. The Balaban J connectivity index is 1.32. The van der Waals surface area contributed by atoms with Gasteiger partial charge in [-0.05, 0) is 61.6 Å². The molecule has 1 fully saturated rings. The van der Waals surface area contributed by atoms with Crippen LogP contribution in [0, 0.1) is 12.8 Å². The molecule has 5 rings (SSSR count). The third-order valence-electron chi connectivity index (χ3n) is 6.14. The van der Waals surface area contributed by atoms with Crippen molar-refractivity contribution in [3.05, 3.63) is 71.1 Å². The van der Waals surface area contributed by atoms with Crippen LogP contribution in [0.3, 0.4) is 0 Å². The summed E-state index contributed by atoms with van der Waals surface area (Å²) in [6.45, 7) is 3.34. The first-order valence-electron chi connectivity index (χ1n) is 11.7. The fourth-order valence-electron chi connectivity index (χ4n) is 4.16. The number of hydrogen-bond donors (Lipinski definition) is 1. The van der Waals surface area contributed by atoms with Gasteiger partial charge >= 0.3 is 0 Å². The molecule has 1 N–H and O–H groups in total. The lowest BCUT2D eigenvalue weighted by atomic mass is 10.1. The van der Waals surface area contributed by atoms with Gasteiger partial charge in [0, 0.05) is 25.0 Å². The van der Waals surface area contributed by atoms with Crippen LogP contribution in [0.15, 0.2) is 59.2 Å². The van der Waals surface area contributed by atoms with E-state index < -0.39 is 0 Å². The molecule has 1 saturated carbocycles. The maximum absolute atomic E-state index is 13.7. The summed E-state index contributed by atoms with van der Waals surface area (Å²) < 4.78 is 10.8. The molecule has 8 heteroatoms. The zero-order valence-electron chi connectivity index (χ0n) is 19.7. The number of carbonyl (C=O) groups excluding carboxylic acids is 2. The zero-order valence-corrected chi connectivity index (χ0v) is 20.6. The van der Waals surface area contributed by atoms with Gasteiger partial charge in [0.15, 0.2) is 0 Å². The maximum Gasteiger partial charge on any atom is 0.274 e. The molecule has 2 aromatic carbocycles. The molecule has 0 atom stereocenters. The van der Waals surface area contributed by atoms with Gasteiger partial charge in [0.1, 0.15) is 17.0 Å². The van der Waals surface area contributed by atoms with Gasteiger partial charge < -0.3 is 19.4 Å². The number of aryl methyl sites for hydroxylation is 1. The molecule has 0 saturated heterocycles. The van der Waals surface area contributed by atoms with E-state index in [2.05, 4.69) is 10.3 Å². The largest absolute Gasteiger partial charge is 0.497 e. The molecule has 0 spiro atoms. The van der Waals surface area contributed by atoms with Crippen LogP contribution in [0.5, 0.6) is 5.75 Å².